The van der Waals surface area contributed by atoms with Crippen molar-refractivity contribution < 1.29 is 19.1 Å². The molecule has 2 N–H and O–H groups in total. The van der Waals surface area contributed by atoms with E-state index in [9.17, 15) is 14.4 Å². The van der Waals surface area contributed by atoms with E-state index in [1.807, 2.05) is 6.07 Å². The second-order valence-corrected chi connectivity index (χ2v) is 7.07. The Hall–Kier alpha value is -1.89. The summed E-state index contributed by atoms with van der Waals surface area (Å²) in [6.45, 7) is 5.02. The van der Waals surface area contributed by atoms with Crippen molar-refractivity contribution in [3.63, 3.8) is 0 Å². The molecule has 0 aliphatic heterocycles. The van der Waals surface area contributed by atoms with Gasteiger partial charge in [-0.3, -0.25) is 10.1 Å². The van der Waals surface area contributed by atoms with Crippen LogP contribution in [0.5, 0.6) is 0 Å². The van der Waals surface area contributed by atoms with Crippen LogP contribution in [0.3, 0.4) is 0 Å². The van der Waals surface area contributed by atoms with Gasteiger partial charge in [0.15, 0.2) is 6.10 Å². The zero-order chi connectivity index (χ0) is 17.0. The third kappa shape index (κ3) is 4.79. The van der Waals surface area contributed by atoms with E-state index in [1.165, 1.54) is 28.7 Å². The summed E-state index contributed by atoms with van der Waals surface area (Å²) < 4.78 is 5.16. The van der Waals surface area contributed by atoms with Crippen LogP contribution in [0.2, 0.25) is 0 Å². The number of urea groups is 1. The predicted octanol–water partition coefficient (Wildman–Crippen LogP) is 2.41. The Morgan fingerprint density at radius 2 is 1.87 bits per heavy atom. The van der Waals surface area contributed by atoms with Crippen LogP contribution in [-0.2, 0) is 22.4 Å². The number of hydrogen-bond acceptors (Lipinski definition) is 5. The number of imide groups is 1. The summed E-state index contributed by atoms with van der Waals surface area (Å²) in [5.41, 5.74) is 1.21. The lowest BCUT2D eigenvalue weighted by atomic mass is 9.99. The first-order chi connectivity index (χ1) is 10.9. The van der Waals surface area contributed by atoms with Crippen molar-refractivity contribution in [2.24, 2.45) is 0 Å². The Balaban J connectivity index is 1.90. The number of fused-ring (bicyclic) bond motifs is 1. The van der Waals surface area contributed by atoms with Gasteiger partial charge in [0, 0.05) is 10.9 Å². The molecule has 0 radical (unpaired) electrons. The molecule has 1 atom stereocenters. The number of amides is 3. The number of rotatable bonds is 4. The molecule has 1 heterocycles. The Bertz CT molecular complexity index is 586. The maximum absolute atomic E-state index is 12.1. The first-order valence-electron chi connectivity index (χ1n) is 7.80. The third-order valence-corrected chi connectivity index (χ3v) is 4.72. The topological polar surface area (TPSA) is 84.5 Å². The fourth-order valence-electron chi connectivity index (χ4n) is 2.38. The van der Waals surface area contributed by atoms with E-state index in [2.05, 4.69) is 10.6 Å². The zero-order valence-corrected chi connectivity index (χ0v) is 14.4. The minimum absolute atomic E-state index is 0.0851. The average molecular weight is 338 g/mol. The van der Waals surface area contributed by atoms with Crippen LogP contribution in [0.1, 0.15) is 53.7 Å². The lowest BCUT2D eigenvalue weighted by Gasteiger charge is -2.13. The minimum atomic E-state index is -1.03. The normalized spacial score (nSPS) is 14.8. The van der Waals surface area contributed by atoms with E-state index in [4.69, 9.17) is 4.74 Å². The minimum Gasteiger partial charge on any atom is -0.448 e. The number of carbonyl (C=O) groups is 3. The molecule has 0 unspecified atom stereocenters. The van der Waals surface area contributed by atoms with Crippen LogP contribution in [0.4, 0.5) is 4.79 Å². The van der Waals surface area contributed by atoms with Crippen molar-refractivity contribution in [2.45, 2.75) is 58.6 Å². The molecule has 1 aliphatic rings. The first-order valence-corrected chi connectivity index (χ1v) is 8.62. The maximum atomic E-state index is 12.1. The van der Waals surface area contributed by atoms with Crippen LogP contribution in [0.25, 0.3) is 0 Å². The van der Waals surface area contributed by atoms with Crippen molar-refractivity contribution in [1.29, 1.82) is 0 Å². The summed E-state index contributed by atoms with van der Waals surface area (Å²) in [6, 6.07) is 1.18. The number of carbonyl (C=O) groups excluding carboxylic acids is 3. The highest BCUT2D eigenvalue weighted by atomic mass is 32.1. The predicted molar refractivity (Wildman–Crippen MR) is 87.6 cm³/mol. The lowest BCUT2D eigenvalue weighted by molar-refractivity contribution is -0.127. The van der Waals surface area contributed by atoms with Gasteiger partial charge in [-0.2, -0.15) is 0 Å². The summed E-state index contributed by atoms with van der Waals surface area (Å²) in [5, 5.41) is 4.69. The van der Waals surface area contributed by atoms with Gasteiger partial charge >= 0.3 is 12.0 Å². The summed E-state index contributed by atoms with van der Waals surface area (Å²) in [5.74, 6) is -1.16. The van der Waals surface area contributed by atoms with Crippen molar-refractivity contribution >= 4 is 29.2 Å². The van der Waals surface area contributed by atoms with E-state index >= 15 is 0 Å². The average Bonchev–Trinajstić information content (AvgIpc) is 2.90. The monoisotopic (exact) mass is 338 g/mol. The van der Waals surface area contributed by atoms with Crippen LogP contribution in [0, 0.1) is 0 Å². The Morgan fingerprint density at radius 3 is 2.52 bits per heavy atom. The molecule has 126 valence electrons. The molecule has 0 fully saturated rings. The molecule has 23 heavy (non-hydrogen) atoms. The van der Waals surface area contributed by atoms with E-state index in [0.29, 0.717) is 4.88 Å². The van der Waals surface area contributed by atoms with Gasteiger partial charge in [0.25, 0.3) is 5.91 Å². The highest BCUT2D eigenvalue weighted by Gasteiger charge is 2.23. The van der Waals surface area contributed by atoms with Crippen LogP contribution >= 0.6 is 11.3 Å². The second-order valence-electron chi connectivity index (χ2n) is 5.93. The van der Waals surface area contributed by atoms with Gasteiger partial charge in [0.2, 0.25) is 0 Å². The van der Waals surface area contributed by atoms with Gasteiger partial charge in [-0.25, -0.2) is 9.59 Å². The van der Waals surface area contributed by atoms with Crippen molar-refractivity contribution in [1.82, 2.24) is 10.6 Å². The molecule has 2 rings (SSSR count). The summed E-state index contributed by atoms with van der Waals surface area (Å²) in [6.07, 6.45) is 3.25. The van der Waals surface area contributed by atoms with E-state index < -0.39 is 24.0 Å². The van der Waals surface area contributed by atoms with Gasteiger partial charge in [0.1, 0.15) is 4.88 Å². The molecular weight excluding hydrogens is 316 g/mol. The summed E-state index contributed by atoms with van der Waals surface area (Å²) in [7, 11) is 0. The SMILES string of the molecule is CC(C)NC(=O)NC(=O)[C@H](C)OC(=O)c1cc2c(s1)CCCC2. The third-order valence-electron chi connectivity index (χ3n) is 3.51. The molecule has 1 aliphatic carbocycles. The van der Waals surface area contributed by atoms with Crippen molar-refractivity contribution in [3.05, 3.63) is 21.4 Å². The van der Waals surface area contributed by atoms with Crippen LogP contribution in [0.15, 0.2) is 6.07 Å². The van der Waals surface area contributed by atoms with Gasteiger partial charge < -0.3 is 10.1 Å². The van der Waals surface area contributed by atoms with Crippen LogP contribution in [-0.4, -0.2) is 30.1 Å². The molecule has 7 heteroatoms. The zero-order valence-electron chi connectivity index (χ0n) is 13.6. The number of hydrogen-bond donors (Lipinski definition) is 2. The van der Waals surface area contributed by atoms with Gasteiger partial charge in [0.05, 0.1) is 0 Å². The van der Waals surface area contributed by atoms with Gasteiger partial charge in [-0.15, -0.1) is 11.3 Å². The molecule has 1 aromatic rings. The maximum Gasteiger partial charge on any atom is 0.349 e. The highest BCUT2D eigenvalue weighted by Crippen LogP contribution is 2.30. The number of ether oxygens (including phenoxy) is 1. The molecule has 1 aromatic heterocycles. The largest absolute Gasteiger partial charge is 0.448 e. The fourth-order valence-corrected chi connectivity index (χ4v) is 3.51. The van der Waals surface area contributed by atoms with E-state index in [0.717, 1.165) is 25.7 Å². The Morgan fingerprint density at radius 1 is 1.17 bits per heavy atom. The van der Waals surface area contributed by atoms with Gasteiger partial charge in [-0.1, -0.05) is 0 Å². The fraction of sp³-hybridized carbons (Fsp3) is 0.562. The molecule has 0 spiro atoms. The summed E-state index contributed by atoms with van der Waals surface area (Å²) >= 11 is 1.43. The van der Waals surface area contributed by atoms with Crippen molar-refractivity contribution in [2.75, 3.05) is 0 Å². The first kappa shape index (κ1) is 17.5. The van der Waals surface area contributed by atoms with Gasteiger partial charge in [-0.05, 0) is 58.1 Å². The van der Waals surface area contributed by atoms with E-state index in [1.54, 1.807) is 13.8 Å². The smallest absolute Gasteiger partial charge is 0.349 e. The Kier molecular flexibility index (Phi) is 5.76. The number of thiophene rings is 1. The second kappa shape index (κ2) is 7.59. The quantitative estimate of drug-likeness (QED) is 0.826. The number of esters is 1. The highest BCUT2D eigenvalue weighted by molar-refractivity contribution is 7.14. The molecular formula is C16H22N2O4S. The molecule has 6 nitrogen and oxygen atoms in total. The molecule has 0 bridgehead atoms. The summed E-state index contributed by atoms with van der Waals surface area (Å²) in [4.78, 5) is 37.2. The molecule has 0 saturated heterocycles. The molecule has 3 amide bonds. The Labute approximate surface area is 139 Å². The van der Waals surface area contributed by atoms with Crippen molar-refractivity contribution in [3.8, 4) is 0 Å². The standard InChI is InChI=1S/C16H22N2O4S/c1-9(2)17-16(21)18-14(19)10(3)22-15(20)13-8-11-6-4-5-7-12(11)23-13/h8-10H,4-7H2,1-3H3,(H2,17,18,19,21)/t10-/m0/s1. The molecule has 0 saturated carbocycles. The van der Waals surface area contributed by atoms with E-state index in [-0.39, 0.29) is 6.04 Å². The number of aryl methyl sites for hydroxylation is 2. The lowest BCUT2D eigenvalue weighted by Crippen LogP contribution is -2.46. The molecule has 0 aromatic carbocycles. The van der Waals surface area contributed by atoms with Crippen LogP contribution < -0.4 is 10.6 Å². The number of nitrogens with one attached hydrogen (secondary N) is 2.